The normalized spacial score (nSPS) is 18.4. The third kappa shape index (κ3) is 4.88. The van der Waals surface area contributed by atoms with E-state index >= 15 is 0 Å². The van der Waals surface area contributed by atoms with Crippen molar-refractivity contribution in [2.24, 2.45) is 0 Å². The molecular weight excluding hydrogens is 480 g/mol. The summed E-state index contributed by atoms with van der Waals surface area (Å²) < 4.78 is 22.5. The van der Waals surface area contributed by atoms with Crippen LogP contribution in [0.2, 0.25) is 0 Å². The molecule has 0 saturated carbocycles. The lowest BCUT2D eigenvalue weighted by Gasteiger charge is -2.30. The number of nitrogens with one attached hydrogen (secondary N) is 2. The van der Waals surface area contributed by atoms with Crippen LogP contribution < -0.4 is 29.6 Å². The van der Waals surface area contributed by atoms with Gasteiger partial charge in [-0.05, 0) is 66.3 Å². The number of carbonyl (C=O) groups excluding carboxylic acids is 1. The van der Waals surface area contributed by atoms with Gasteiger partial charge in [-0.1, -0.05) is 31.2 Å². The summed E-state index contributed by atoms with van der Waals surface area (Å²) in [5.41, 5.74) is 5.54. The summed E-state index contributed by atoms with van der Waals surface area (Å²) in [6, 6.07) is 19.5. The van der Waals surface area contributed by atoms with E-state index in [-0.39, 0.29) is 17.7 Å². The molecule has 0 bridgehead atoms. The Balaban J connectivity index is 1.56. The van der Waals surface area contributed by atoms with Crippen LogP contribution in [0.5, 0.6) is 23.0 Å². The molecule has 198 valence electrons. The van der Waals surface area contributed by atoms with Gasteiger partial charge in [0.25, 0.3) is 0 Å². The summed E-state index contributed by atoms with van der Waals surface area (Å²) in [5.74, 6) is 2.80. The van der Waals surface area contributed by atoms with Gasteiger partial charge in [-0.25, -0.2) is 0 Å². The van der Waals surface area contributed by atoms with Crippen LogP contribution in [-0.2, 0) is 4.79 Å². The van der Waals surface area contributed by atoms with Crippen LogP contribution in [-0.4, -0.2) is 33.7 Å². The molecule has 0 saturated heterocycles. The highest BCUT2D eigenvalue weighted by atomic mass is 16.5. The number of fused-ring (bicyclic) bond motifs is 1. The molecule has 2 atom stereocenters. The highest BCUT2D eigenvalue weighted by Crippen LogP contribution is 2.46. The average molecular weight is 515 g/mol. The summed E-state index contributed by atoms with van der Waals surface area (Å²) in [6.07, 6.45) is 2.00. The summed E-state index contributed by atoms with van der Waals surface area (Å²) in [5, 5.41) is 7.23. The standard InChI is InChI=1S/C31H34N2O5/c1-5-14-38-27-13-11-20(18-29(27)37-4)31-30-24(32-22-8-6-7-9-23(22)33-31)15-21(16-25(30)34)19-10-12-26(35-2)28(17-19)36-3/h6-13,17-18,21,31-33H,5,14-16H2,1-4H3. The van der Waals surface area contributed by atoms with Gasteiger partial charge >= 0.3 is 0 Å². The minimum atomic E-state index is -0.339. The van der Waals surface area contributed by atoms with Crippen LogP contribution in [0.1, 0.15) is 49.3 Å². The second-order valence-electron chi connectivity index (χ2n) is 9.54. The van der Waals surface area contributed by atoms with E-state index in [4.69, 9.17) is 18.9 Å². The number of carbonyl (C=O) groups is 1. The van der Waals surface area contributed by atoms with Crippen LogP contribution >= 0.6 is 0 Å². The van der Waals surface area contributed by atoms with Gasteiger partial charge in [-0.3, -0.25) is 4.79 Å². The molecule has 5 rings (SSSR count). The second kappa shape index (κ2) is 11.1. The molecule has 0 aromatic heterocycles. The lowest BCUT2D eigenvalue weighted by atomic mass is 9.78. The highest BCUT2D eigenvalue weighted by Gasteiger charge is 2.36. The van der Waals surface area contributed by atoms with E-state index in [1.54, 1.807) is 21.3 Å². The number of para-hydroxylation sites is 2. The van der Waals surface area contributed by atoms with Crippen molar-refractivity contribution in [3.63, 3.8) is 0 Å². The van der Waals surface area contributed by atoms with Crippen LogP contribution in [0.15, 0.2) is 71.9 Å². The van der Waals surface area contributed by atoms with Crippen LogP contribution in [0, 0.1) is 0 Å². The summed E-state index contributed by atoms with van der Waals surface area (Å²) in [7, 11) is 4.89. The first-order valence-electron chi connectivity index (χ1n) is 13.0. The molecule has 2 N–H and O–H groups in total. The van der Waals surface area contributed by atoms with Gasteiger partial charge in [0.15, 0.2) is 28.8 Å². The first kappa shape index (κ1) is 25.5. The van der Waals surface area contributed by atoms with Crippen molar-refractivity contribution in [3.05, 3.63) is 83.1 Å². The van der Waals surface area contributed by atoms with Crippen LogP contribution in [0.25, 0.3) is 0 Å². The summed E-state index contributed by atoms with van der Waals surface area (Å²) in [6.45, 7) is 2.68. The van der Waals surface area contributed by atoms with E-state index in [9.17, 15) is 4.79 Å². The predicted octanol–water partition coefficient (Wildman–Crippen LogP) is 6.48. The van der Waals surface area contributed by atoms with Gasteiger partial charge in [0, 0.05) is 17.7 Å². The lowest BCUT2D eigenvalue weighted by molar-refractivity contribution is -0.116. The van der Waals surface area contributed by atoms with E-state index in [1.165, 1.54) is 0 Å². The zero-order valence-electron chi connectivity index (χ0n) is 22.3. The van der Waals surface area contributed by atoms with Crippen LogP contribution in [0.3, 0.4) is 0 Å². The molecule has 3 aromatic carbocycles. The number of benzene rings is 3. The van der Waals surface area contributed by atoms with Gasteiger partial charge < -0.3 is 29.6 Å². The summed E-state index contributed by atoms with van der Waals surface area (Å²) >= 11 is 0. The van der Waals surface area contributed by atoms with Crippen molar-refractivity contribution in [2.45, 2.75) is 38.1 Å². The Morgan fingerprint density at radius 1 is 0.789 bits per heavy atom. The van der Waals surface area contributed by atoms with Crippen molar-refractivity contribution in [3.8, 4) is 23.0 Å². The first-order valence-corrected chi connectivity index (χ1v) is 13.0. The zero-order valence-corrected chi connectivity index (χ0v) is 22.3. The fourth-order valence-corrected chi connectivity index (χ4v) is 5.28. The van der Waals surface area contributed by atoms with Crippen molar-refractivity contribution < 1.29 is 23.7 Å². The lowest BCUT2D eigenvalue weighted by Crippen LogP contribution is -2.27. The van der Waals surface area contributed by atoms with Crippen molar-refractivity contribution in [1.82, 2.24) is 0 Å². The predicted molar refractivity (Wildman–Crippen MR) is 149 cm³/mol. The number of ketones is 1. The number of hydrogen-bond donors (Lipinski definition) is 2. The van der Waals surface area contributed by atoms with Crippen molar-refractivity contribution in [1.29, 1.82) is 0 Å². The number of ether oxygens (including phenoxy) is 4. The number of allylic oxidation sites excluding steroid dienone is 1. The second-order valence-corrected chi connectivity index (χ2v) is 9.54. The van der Waals surface area contributed by atoms with E-state index in [2.05, 4.69) is 17.6 Å². The number of rotatable bonds is 8. The SMILES string of the molecule is CCCOc1ccc(C2Nc3ccccc3NC3=C2C(=O)CC(c2ccc(OC)c(OC)c2)C3)cc1OC. The Kier molecular flexibility index (Phi) is 7.45. The molecule has 2 aliphatic rings. The maximum Gasteiger partial charge on any atom is 0.163 e. The number of Topliss-reactive ketones (excluding diaryl/α,β-unsaturated/α-hetero) is 1. The fraction of sp³-hybridized carbons (Fsp3) is 0.323. The van der Waals surface area contributed by atoms with Gasteiger partial charge in [-0.15, -0.1) is 0 Å². The Morgan fingerprint density at radius 3 is 2.18 bits per heavy atom. The Morgan fingerprint density at radius 2 is 1.45 bits per heavy atom. The fourth-order valence-electron chi connectivity index (χ4n) is 5.28. The molecule has 2 unspecified atom stereocenters. The van der Waals surface area contributed by atoms with Crippen molar-refractivity contribution in [2.75, 3.05) is 38.6 Å². The van der Waals surface area contributed by atoms with Crippen molar-refractivity contribution >= 4 is 17.2 Å². The molecule has 7 nitrogen and oxygen atoms in total. The molecule has 7 heteroatoms. The molecule has 1 aliphatic heterocycles. The van der Waals surface area contributed by atoms with Gasteiger partial charge in [0.2, 0.25) is 0 Å². The minimum Gasteiger partial charge on any atom is -0.493 e. The monoisotopic (exact) mass is 514 g/mol. The third-order valence-electron chi connectivity index (χ3n) is 7.17. The molecule has 3 aromatic rings. The Hall–Kier alpha value is -4.13. The van der Waals surface area contributed by atoms with Crippen LogP contribution in [0.4, 0.5) is 11.4 Å². The molecule has 1 heterocycles. The van der Waals surface area contributed by atoms with Gasteiger partial charge in [0.05, 0.1) is 45.4 Å². The minimum absolute atomic E-state index is 0.0128. The molecule has 1 aliphatic carbocycles. The maximum absolute atomic E-state index is 13.9. The maximum atomic E-state index is 13.9. The smallest absolute Gasteiger partial charge is 0.163 e. The number of methoxy groups -OCH3 is 3. The Bertz CT molecular complexity index is 1370. The molecule has 0 spiro atoms. The largest absolute Gasteiger partial charge is 0.493 e. The molecule has 0 radical (unpaired) electrons. The van der Waals surface area contributed by atoms with Gasteiger partial charge in [0.1, 0.15) is 0 Å². The first-order chi connectivity index (χ1) is 18.6. The average Bonchev–Trinajstić information content (AvgIpc) is 3.12. The van der Waals surface area contributed by atoms with E-state index in [0.29, 0.717) is 42.4 Å². The van der Waals surface area contributed by atoms with E-state index < -0.39 is 0 Å². The van der Waals surface area contributed by atoms with E-state index in [0.717, 1.165) is 40.2 Å². The molecule has 0 fully saturated rings. The number of hydrogen-bond acceptors (Lipinski definition) is 7. The quantitative estimate of drug-likeness (QED) is 0.356. The zero-order chi connectivity index (χ0) is 26.6. The topological polar surface area (TPSA) is 78.1 Å². The Labute approximate surface area is 223 Å². The number of anilines is 2. The molecule has 38 heavy (non-hydrogen) atoms. The van der Waals surface area contributed by atoms with Gasteiger partial charge in [-0.2, -0.15) is 0 Å². The molecule has 0 amide bonds. The molecular formula is C31H34N2O5. The van der Waals surface area contributed by atoms with E-state index in [1.807, 2.05) is 60.7 Å². The third-order valence-corrected chi connectivity index (χ3v) is 7.17. The highest BCUT2D eigenvalue weighted by molar-refractivity contribution is 6.01. The summed E-state index contributed by atoms with van der Waals surface area (Å²) in [4.78, 5) is 13.9.